The fraction of sp³-hybridized carbons (Fsp3) is 0.750. The van der Waals surface area contributed by atoms with E-state index >= 15 is 0 Å². The first-order valence-electron chi connectivity index (χ1n) is 5.02. The maximum Gasteiger partial charge on any atom is 0.147 e. The Kier molecular flexibility index (Phi) is 3.14. The predicted molar refractivity (Wildman–Crippen MR) is 54.2 cm³/mol. The van der Waals surface area contributed by atoms with Crippen LogP contribution in [-0.4, -0.2) is 5.78 Å². The SMILES string of the molecule is CC(C)(C)C#CCC(=O)C1CCC1. The Bertz CT molecular complexity index is 243. The number of carbonyl (C=O) groups is 1. The van der Waals surface area contributed by atoms with Crippen molar-refractivity contribution >= 4 is 5.78 Å². The number of rotatable bonds is 2. The van der Waals surface area contributed by atoms with Gasteiger partial charge in [-0.25, -0.2) is 0 Å². The van der Waals surface area contributed by atoms with E-state index in [1.54, 1.807) is 0 Å². The maximum absolute atomic E-state index is 11.4. The van der Waals surface area contributed by atoms with Crippen LogP contribution in [0, 0.1) is 23.2 Å². The van der Waals surface area contributed by atoms with E-state index in [1.807, 2.05) is 0 Å². The summed E-state index contributed by atoms with van der Waals surface area (Å²) in [4.78, 5) is 11.4. The molecule has 1 saturated carbocycles. The molecule has 0 atom stereocenters. The lowest BCUT2D eigenvalue weighted by molar-refractivity contribution is -0.124. The summed E-state index contributed by atoms with van der Waals surface area (Å²) in [5.41, 5.74) is 0.0277. The van der Waals surface area contributed by atoms with Gasteiger partial charge in [-0.2, -0.15) is 0 Å². The molecule has 0 aromatic heterocycles. The summed E-state index contributed by atoms with van der Waals surface area (Å²) in [6.45, 7) is 6.19. The van der Waals surface area contributed by atoms with E-state index in [9.17, 15) is 4.79 Å². The van der Waals surface area contributed by atoms with Gasteiger partial charge in [-0.3, -0.25) is 4.79 Å². The first-order valence-corrected chi connectivity index (χ1v) is 5.02. The monoisotopic (exact) mass is 178 g/mol. The molecule has 1 rings (SSSR count). The van der Waals surface area contributed by atoms with Crippen molar-refractivity contribution in [3.05, 3.63) is 0 Å². The molecule has 0 aliphatic heterocycles. The Hall–Kier alpha value is -0.770. The predicted octanol–water partition coefficient (Wildman–Crippen LogP) is 2.80. The van der Waals surface area contributed by atoms with Gasteiger partial charge in [0.1, 0.15) is 5.78 Å². The molecule has 0 saturated heterocycles. The second-order valence-corrected chi connectivity index (χ2v) is 4.82. The number of carbonyl (C=O) groups excluding carboxylic acids is 1. The Morgan fingerprint density at radius 1 is 1.38 bits per heavy atom. The highest BCUT2D eigenvalue weighted by Gasteiger charge is 2.23. The molecule has 0 spiro atoms. The lowest BCUT2D eigenvalue weighted by atomic mass is 9.81. The van der Waals surface area contributed by atoms with Crippen molar-refractivity contribution in [3.63, 3.8) is 0 Å². The van der Waals surface area contributed by atoms with Crippen molar-refractivity contribution in [1.82, 2.24) is 0 Å². The first-order chi connectivity index (χ1) is 5.99. The number of ketones is 1. The molecule has 0 amide bonds. The van der Waals surface area contributed by atoms with Crippen LogP contribution >= 0.6 is 0 Å². The summed E-state index contributed by atoms with van der Waals surface area (Å²) in [7, 11) is 0. The zero-order valence-electron chi connectivity index (χ0n) is 8.81. The minimum Gasteiger partial charge on any atom is -0.298 e. The van der Waals surface area contributed by atoms with E-state index in [2.05, 4.69) is 32.6 Å². The van der Waals surface area contributed by atoms with Crippen LogP contribution in [0.5, 0.6) is 0 Å². The van der Waals surface area contributed by atoms with E-state index in [4.69, 9.17) is 0 Å². The minimum absolute atomic E-state index is 0.0277. The Morgan fingerprint density at radius 3 is 2.38 bits per heavy atom. The van der Waals surface area contributed by atoms with Crippen LogP contribution in [0.2, 0.25) is 0 Å². The van der Waals surface area contributed by atoms with Crippen LogP contribution in [0.15, 0.2) is 0 Å². The molecule has 1 fully saturated rings. The van der Waals surface area contributed by atoms with E-state index in [1.165, 1.54) is 6.42 Å². The zero-order valence-corrected chi connectivity index (χ0v) is 8.81. The Morgan fingerprint density at radius 2 is 2.00 bits per heavy atom. The van der Waals surface area contributed by atoms with Crippen molar-refractivity contribution in [2.75, 3.05) is 0 Å². The van der Waals surface area contributed by atoms with Gasteiger partial charge in [0.2, 0.25) is 0 Å². The molecule has 1 aliphatic rings. The van der Waals surface area contributed by atoms with Crippen molar-refractivity contribution < 1.29 is 4.79 Å². The maximum atomic E-state index is 11.4. The second kappa shape index (κ2) is 3.96. The number of Topliss-reactive ketones (excluding diaryl/α,β-unsaturated/α-hetero) is 1. The zero-order chi connectivity index (χ0) is 9.90. The summed E-state index contributed by atoms with van der Waals surface area (Å²) in [5, 5.41) is 0. The molecule has 0 aromatic rings. The molecular weight excluding hydrogens is 160 g/mol. The summed E-state index contributed by atoms with van der Waals surface area (Å²) >= 11 is 0. The van der Waals surface area contributed by atoms with Crippen molar-refractivity contribution in [2.45, 2.75) is 46.5 Å². The first kappa shape index (κ1) is 10.3. The van der Waals surface area contributed by atoms with E-state index < -0.39 is 0 Å². The van der Waals surface area contributed by atoms with Crippen molar-refractivity contribution in [1.29, 1.82) is 0 Å². The molecule has 1 heteroatoms. The smallest absolute Gasteiger partial charge is 0.147 e. The number of hydrogen-bond donors (Lipinski definition) is 0. The average Bonchev–Trinajstić information content (AvgIpc) is 1.79. The van der Waals surface area contributed by atoms with Crippen molar-refractivity contribution in [2.24, 2.45) is 11.3 Å². The van der Waals surface area contributed by atoms with Gasteiger partial charge in [0.15, 0.2) is 0 Å². The summed E-state index contributed by atoms with van der Waals surface area (Å²) in [6, 6.07) is 0. The van der Waals surface area contributed by atoms with E-state index in [0.717, 1.165) is 12.8 Å². The topological polar surface area (TPSA) is 17.1 Å². The molecule has 1 aliphatic carbocycles. The van der Waals surface area contributed by atoms with E-state index in [0.29, 0.717) is 18.1 Å². The molecular formula is C12H18O. The van der Waals surface area contributed by atoms with Gasteiger partial charge in [0.05, 0.1) is 6.42 Å². The molecule has 0 N–H and O–H groups in total. The third kappa shape index (κ3) is 3.63. The highest BCUT2D eigenvalue weighted by atomic mass is 16.1. The van der Waals surface area contributed by atoms with Gasteiger partial charge in [-0.1, -0.05) is 18.3 Å². The highest BCUT2D eigenvalue weighted by molar-refractivity contribution is 5.83. The van der Waals surface area contributed by atoms with Gasteiger partial charge in [0, 0.05) is 11.3 Å². The third-order valence-electron chi connectivity index (χ3n) is 2.29. The molecule has 0 unspecified atom stereocenters. The quantitative estimate of drug-likeness (QED) is 0.594. The van der Waals surface area contributed by atoms with Crippen LogP contribution in [0.1, 0.15) is 46.5 Å². The molecule has 1 nitrogen and oxygen atoms in total. The lowest BCUT2D eigenvalue weighted by Crippen LogP contribution is -2.21. The van der Waals surface area contributed by atoms with Gasteiger partial charge >= 0.3 is 0 Å². The Balaban J connectivity index is 2.31. The van der Waals surface area contributed by atoms with Crippen LogP contribution < -0.4 is 0 Å². The van der Waals surface area contributed by atoms with Crippen LogP contribution in [-0.2, 0) is 4.79 Å². The molecule has 0 radical (unpaired) electrons. The van der Waals surface area contributed by atoms with Gasteiger partial charge in [-0.15, -0.1) is 0 Å². The normalized spacial score (nSPS) is 17.2. The third-order valence-corrected chi connectivity index (χ3v) is 2.29. The molecule has 13 heavy (non-hydrogen) atoms. The Labute approximate surface area is 80.9 Å². The minimum atomic E-state index is 0.0277. The van der Waals surface area contributed by atoms with Crippen LogP contribution in [0.4, 0.5) is 0 Å². The summed E-state index contributed by atoms with van der Waals surface area (Å²) in [5.74, 6) is 6.75. The van der Waals surface area contributed by atoms with Gasteiger partial charge < -0.3 is 0 Å². The molecule has 0 aromatic carbocycles. The van der Waals surface area contributed by atoms with E-state index in [-0.39, 0.29) is 5.41 Å². The molecule has 0 heterocycles. The molecule has 0 bridgehead atoms. The van der Waals surface area contributed by atoms with Crippen LogP contribution in [0.3, 0.4) is 0 Å². The fourth-order valence-corrected chi connectivity index (χ4v) is 1.27. The largest absolute Gasteiger partial charge is 0.298 e. The molecule has 72 valence electrons. The van der Waals surface area contributed by atoms with Crippen LogP contribution in [0.25, 0.3) is 0 Å². The summed E-state index contributed by atoms with van der Waals surface area (Å²) < 4.78 is 0. The average molecular weight is 178 g/mol. The lowest BCUT2D eigenvalue weighted by Gasteiger charge is -2.22. The fourth-order valence-electron chi connectivity index (χ4n) is 1.27. The summed E-state index contributed by atoms with van der Waals surface area (Å²) in [6.07, 6.45) is 3.87. The second-order valence-electron chi connectivity index (χ2n) is 4.82. The standard InChI is InChI=1S/C12H18O/c1-12(2,3)9-5-8-11(13)10-6-4-7-10/h10H,4,6-8H2,1-3H3. The number of hydrogen-bond acceptors (Lipinski definition) is 1. The highest BCUT2D eigenvalue weighted by Crippen LogP contribution is 2.27. The van der Waals surface area contributed by atoms with Gasteiger partial charge in [0.25, 0.3) is 0 Å². The van der Waals surface area contributed by atoms with Crippen molar-refractivity contribution in [3.8, 4) is 11.8 Å². The van der Waals surface area contributed by atoms with Gasteiger partial charge in [-0.05, 0) is 33.6 Å².